The summed E-state index contributed by atoms with van der Waals surface area (Å²) in [4.78, 5) is 41.1. The Morgan fingerprint density at radius 3 is 2.53 bits per heavy atom. The van der Waals surface area contributed by atoms with E-state index in [1.165, 1.54) is 11.0 Å². The first-order valence-corrected chi connectivity index (χ1v) is 11.3. The predicted octanol–water partition coefficient (Wildman–Crippen LogP) is 2.37. The number of carbonyl (C=O) groups is 3. The highest BCUT2D eigenvalue weighted by molar-refractivity contribution is 7.80. The van der Waals surface area contributed by atoms with Crippen LogP contribution in [0.2, 0.25) is 0 Å². The highest BCUT2D eigenvalue weighted by atomic mass is 32.1. The largest absolute Gasteiger partial charge is 0.484 e. The number of ether oxygens (including phenoxy) is 2. The molecule has 3 amide bonds. The summed E-state index contributed by atoms with van der Waals surface area (Å²) in [6.45, 7) is 5.98. The first-order chi connectivity index (χ1) is 16.3. The molecule has 0 unspecified atom stereocenters. The third kappa shape index (κ3) is 5.00. The van der Waals surface area contributed by atoms with Crippen LogP contribution in [0.25, 0.3) is 6.08 Å². The second-order valence-electron chi connectivity index (χ2n) is 8.03. The molecular formula is C25H25N3O5S. The van der Waals surface area contributed by atoms with Gasteiger partial charge in [0, 0.05) is 13.1 Å². The number of carbonyl (C=O) groups excluding carboxylic acids is 3. The van der Waals surface area contributed by atoms with Gasteiger partial charge in [-0.05, 0) is 67.0 Å². The van der Waals surface area contributed by atoms with Gasteiger partial charge >= 0.3 is 0 Å². The predicted molar refractivity (Wildman–Crippen MR) is 131 cm³/mol. The van der Waals surface area contributed by atoms with Gasteiger partial charge in [-0.25, -0.2) is 0 Å². The van der Waals surface area contributed by atoms with Crippen molar-refractivity contribution in [3.8, 4) is 5.75 Å². The maximum absolute atomic E-state index is 13.2. The van der Waals surface area contributed by atoms with Gasteiger partial charge in [-0.1, -0.05) is 24.3 Å². The molecule has 9 heteroatoms. The fourth-order valence-corrected chi connectivity index (χ4v) is 4.00. The van der Waals surface area contributed by atoms with Gasteiger partial charge in [-0.3, -0.25) is 24.6 Å². The minimum absolute atomic E-state index is 0.0225. The Balaban J connectivity index is 1.48. The third-order valence-electron chi connectivity index (χ3n) is 5.84. The minimum Gasteiger partial charge on any atom is -0.484 e. The van der Waals surface area contributed by atoms with Crippen LogP contribution in [0.15, 0.2) is 48.0 Å². The lowest BCUT2D eigenvalue weighted by Crippen LogP contribution is -2.54. The number of nitrogens with one attached hydrogen (secondary N) is 1. The van der Waals surface area contributed by atoms with E-state index >= 15 is 0 Å². The molecule has 0 saturated carbocycles. The van der Waals surface area contributed by atoms with E-state index in [4.69, 9.17) is 21.7 Å². The van der Waals surface area contributed by atoms with Crippen LogP contribution in [-0.2, 0) is 19.1 Å². The Bertz CT molecular complexity index is 1170. The number of amides is 3. The summed E-state index contributed by atoms with van der Waals surface area (Å²) in [5.74, 6) is -0.616. The normalized spacial score (nSPS) is 17.7. The van der Waals surface area contributed by atoms with Crippen LogP contribution in [0.1, 0.15) is 16.7 Å². The summed E-state index contributed by atoms with van der Waals surface area (Å²) in [5, 5.41) is 2.65. The van der Waals surface area contributed by atoms with Crippen LogP contribution in [0.4, 0.5) is 5.69 Å². The number of aryl methyl sites for hydroxylation is 1. The van der Waals surface area contributed by atoms with Gasteiger partial charge in [0.25, 0.3) is 17.7 Å². The van der Waals surface area contributed by atoms with Crippen molar-refractivity contribution in [3.63, 3.8) is 0 Å². The molecule has 2 fully saturated rings. The maximum atomic E-state index is 13.2. The average Bonchev–Trinajstić information content (AvgIpc) is 2.84. The summed E-state index contributed by atoms with van der Waals surface area (Å²) in [6.07, 6.45) is 1.51. The molecule has 2 saturated heterocycles. The summed E-state index contributed by atoms with van der Waals surface area (Å²) in [7, 11) is 0. The minimum atomic E-state index is -0.548. The number of hydrogen-bond acceptors (Lipinski definition) is 6. The fourth-order valence-electron chi connectivity index (χ4n) is 3.73. The average molecular weight is 480 g/mol. The monoisotopic (exact) mass is 479 g/mol. The zero-order valence-electron chi connectivity index (χ0n) is 19.0. The van der Waals surface area contributed by atoms with Crippen LogP contribution in [0.3, 0.4) is 0 Å². The zero-order chi connectivity index (χ0) is 24.2. The van der Waals surface area contributed by atoms with Crippen molar-refractivity contribution in [2.24, 2.45) is 0 Å². The fraction of sp³-hybridized carbons (Fsp3) is 0.280. The van der Waals surface area contributed by atoms with Crippen molar-refractivity contribution in [2.75, 3.05) is 37.8 Å². The van der Waals surface area contributed by atoms with Gasteiger partial charge in [0.2, 0.25) is 0 Å². The van der Waals surface area contributed by atoms with E-state index in [-0.39, 0.29) is 23.2 Å². The zero-order valence-corrected chi connectivity index (χ0v) is 19.8. The smallest absolute Gasteiger partial charge is 0.270 e. The number of hydrogen-bond donors (Lipinski definition) is 1. The van der Waals surface area contributed by atoms with Crippen LogP contribution in [0, 0.1) is 13.8 Å². The molecule has 2 heterocycles. The molecular weight excluding hydrogens is 454 g/mol. The van der Waals surface area contributed by atoms with Crippen molar-refractivity contribution >= 4 is 46.8 Å². The first kappa shape index (κ1) is 23.6. The molecule has 0 aliphatic carbocycles. The summed E-state index contributed by atoms with van der Waals surface area (Å²) in [6, 6.07) is 12.4. The Morgan fingerprint density at radius 2 is 1.82 bits per heavy atom. The number of rotatable bonds is 5. The Kier molecular flexibility index (Phi) is 7.04. The van der Waals surface area contributed by atoms with Crippen molar-refractivity contribution in [1.82, 2.24) is 10.2 Å². The summed E-state index contributed by atoms with van der Waals surface area (Å²) < 4.78 is 10.8. The maximum Gasteiger partial charge on any atom is 0.270 e. The van der Waals surface area contributed by atoms with Gasteiger partial charge < -0.3 is 14.4 Å². The Hall–Kier alpha value is -3.56. The van der Waals surface area contributed by atoms with E-state index in [2.05, 4.69) is 5.32 Å². The number of benzene rings is 2. The molecule has 0 spiro atoms. The summed E-state index contributed by atoms with van der Waals surface area (Å²) in [5.41, 5.74) is 3.17. The number of thiocarbonyl (C=S) groups is 1. The lowest BCUT2D eigenvalue weighted by atomic mass is 10.0. The molecule has 34 heavy (non-hydrogen) atoms. The second-order valence-corrected chi connectivity index (χ2v) is 8.41. The standard InChI is InChI=1S/C25H25N3O5S/c1-16-4-3-5-21(17(16)2)28-24(31)20(23(30)26-25(28)34)14-18-6-8-19(9-7-18)33-15-22(29)27-10-12-32-13-11-27/h3-9,14H,10-13,15H2,1-2H3,(H,26,30,34)/b20-14+. The molecule has 176 valence electrons. The van der Waals surface area contributed by atoms with Gasteiger partial charge in [-0.2, -0.15) is 0 Å². The van der Waals surface area contributed by atoms with Crippen molar-refractivity contribution in [2.45, 2.75) is 13.8 Å². The van der Waals surface area contributed by atoms with E-state index in [1.54, 1.807) is 35.2 Å². The van der Waals surface area contributed by atoms with E-state index in [0.29, 0.717) is 43.3 Å². The lowest BCUT2D eigenvalue weighted by Gasteiger charge is -2.30. The number of nitrogens with zero attached hydrogens (tertiary/aromatic N) is 2. The molecule has 2 aliphatic rings. The van der Waals surface area contributed by atoms with Crippen molar-refractivity contribution < 1.29 is 23.9 Å². The SMILES string of the molecule is Cc1cccc(N2C(=O)/C(=C/c3ccc(OCC(=O)N4CCOCC4)cc3)C(=O)NC2=S)c1C. The molecule has 0 atom stereocenters. The van der Waals surface area contributed by atoms with Crippen LogP contribution >= 0.6 is 12.2 Å². The van der Waals surface area contributed by atoms with Crippen LogP contribution in [0.5, 0.6) is 5.75 Å². The Morgan fingerprint density at radius 1 is 1.12 bits per heavy atom. The van der Waals surface area contributed by atoms with Crippen LogP contribution in [-0.4, -0.2) is 60.6 Å². The molecule has 1 N–H and O–H groups in total. The molecule has 0 radical (unpaired) electrons. The molecule has 0 bridgehead atoms. The quantitative estimate of drug-likeness (QED) is 0.403. The highest BCUT2D eigenvalue weighted by Crippen LogP contribution is 2.27. The van der Waals surface area contributed by atoms with Gasteiger partial charge in [-0.15, -0.1) is 0 Å². The summed E-state index contributed by atoms with van der Waals surface area (Å²) >= 11 is 5.29. The number of anilines is 1. The lowest BCUT2D eigenvalue weighted by molar-refractivity contribution is -0.137. The highest BCUT2D eigenvalue weighted by Gasteiger charge is 2.35. The molecule has 2 aromatic rings. The van der Waals surface area contributed by atoms with Gasteiger partial charge in [0.15, 0.2) is 11.7 Å². The first-order valence-electron chi connectivity index (χ1n) is 10.9. The Labute approximate surface area is 203 Å². The molecule has 4 rings (SSSR count). The van der Waals surface area contributed by atoms with E-state index in [1.807, 2.05) is 26.0 Å². The molecule has 8 nitrogen and oxygen atoms in total. The van der Waals surface area contributed by atoms with E-state index in [9.17, 15) is 14.4 Å². The van der Waals surface area contributed by atoms with Crippen molar-refractivity contribution in [3.05, 3.63) is 64.7 Å². The molecule has 0 aromatic heterocycles. The second kappa shape index (κ2) is 10.1. The molecule has 2 aromatic carbocycles. The van der Waals surface area contributed by atoms with Crippen molar-refractivity contribution in [1.29, 1.82) is 0 Å². The number of morpholine rings is 1. The van der Waals surface area contributed by atoms with E-state index < -0.39 is 11.8 Å². The van der Waals surface area contributed by atoms with Crippen LogP contribution < -0.4 is 15.0 Å². The van der Waals surface area contributed by atoms with Gasteiger partial charge in [0.1, 0.15) is 11.3 Å². The molecule has 2 aliphatic heterocycles. The van der Waals surface area contributed by atoms with E-state index in [0.717, 1.165) is 11.1 Å². The topological polar surface area (TPSA) is 88.2 Å². The third-order valence-corrected chi connectivity index (χ3v) is 6.12. The van der Waals surface area contributed by atoms with Gasteiger partial charge in [0.05, 0.1) is 18.9 Å².